The third kappa shape index (κ3) is 8.71. The molecule has 1 aliphatic carbocycles. The van der Waals surface area contributed by atoms with Crippen molar-refractivity contribution in [1.82, 2.24) is 40.4 Å². The van der Waals surface area contributed by atoms with Crippen LogP contribution in [0.25, 0.3) is 44.4 Å². The first-order chi connectivity index (χ1) is 30.1. The number of rotatable bonds is 10. The molecule has 3 aromatic carbocycles. The molecule has 2 aromatic heterocycles. The number of nitriles is 1. The maximum Gasteiger partial charge on any atom is 0.407 e. The Hall–Kier alpha value is -6.69. The van der Waals surface area contributed by atoms with Crippen molar-refractivity contribution < 1.29 is 28.7 Å². The molecular formula is C48H55N9O6. The Morgan fingerprint density at radius 2 is 1.33 bits per heavy atom. The van der Waals surface area contributed by atoms with E-state index < -0.39 is 35.7 Å². The largest absolute Gasteiger partial charge is 0.453 e. The SMILES string of the molecule is COC(=O)NC(C(=O)N1CC2(CC2)CC1c1ncc(-c2ccc3cc(-c4ccc(-c5cnc(C6CC(C#N)CN6C(=O)C(NC(=O)OC)C(C)(C)C)[nH]5)cc4)ccc3c2)[nH]1)C(C)C. The minimum absolute atomic E-state index is 0.109. The minimum Gasteiger partial charge on any atom is -0.453 e. The van der Waals surface area contributed by atoms with Crippen LogP contribution in [0.5, 0.6) is 0 Å². The van der Waals surface area contributed by atoms with Crippen molar-refractivity contribution in [2.75, 3.05) is 27.3 Å². The molecule has 8 rings (SSSR count). The molecule has 5 atom stereocenters. The Kier molecular flexibility index (Phi) is 11.5. The van der Waals surface area contributed by atoms with Crippen LogP contribution in [-0.2, 0) is 19.1 Å². The summed E-state index contributed by atoms with van der Waals surface area (Å²) in [6.07, 6.45) is 5.68. The van der Waals surface area contributed by atoms with Gasteiger partial charge in [-0.05, 0) is 82.0 Å². The summed E-state index contributed by atoms with van der Waals surface area (Å²) in [5.74, 6) is 0.430. The molecule has 1 spiro atoms. The second kappa shape index (κ2) is 16.9. The molecule has 328 valence electrons. The second-order valence-corrected chi connectivity index (χ2v) is 18.8. The average molecular weight is 854 g/mol. The fourth-order valence-electron chi connectivity index (χ4n) is 9.11. The van der Waals surface area contributed by atoms with E-state index in [1.54, 1.807) is 11.1 Å². The van der Waals surface area contributed by atoms with Crippen molar-refractivity contribution in [3.05, 3.63) is 84.7 Å². The van der Waals surface area contributed by atoms with E-state index >= 15 is 0 Å². The zero-order chi connectivity index (χ0) is 44.8. The van der Waals surface area contributed by atoms with Crippen molar-refractivity contribution in [2.24, 2.45) is 22.7 Å². The van der Waals surface area contributed by atoms with E-state index in [9.17, 15) is 24.4 Å². The highest BCUT2D eigenvalue weighted by Gasteiger charge is 2.55. The third-order valence-corrected chi connectivity index (χ3v) is 13.0. The van der Waals surface area contributed by atoms with Crippen molar-refractivity contribution in [1.29, 1.82) is 5.26 Å². The minimum atomic E-state index is -0.861. The third-order valence-electron chi connectivity index (χ3n) is 13.0. The number of hydrogen-bond donors (Lipinski definition) is 4. The Bertz CT molecular complexity index is 2580. The summed E-state index contributed by atoms with van der Waals surface area (Å²) < 4.78 is 9.62. The summed E-state index contributed by atoms with van der Waals surface area (Å²) in [5, 5.41) is 17.4. The van der Waals surface area contributed by atoms with Crippen molar-refractivity contribution in [3.63, 3.8) is 0 Å². The molecule has 15 heteroatoms. The molecular weight excluding hydrogens is 799 g/mol. The van der Waals surface area contributed by atoms with Crippen LogP contribution in [0.2, 0.25) is 0 Å². The molecule has 3 fully saturated rings. The molecule has 15 nitrogen and oxygen atoms in total. The van der Waals surface area contributed by atoms with Gasteiger partial charge in [0.05, 0.1) is 62.1 Å². The van der Waals surface area contributed by atoms with Crippen LogP contribution in [0.15, 0.2) is 73.1 Å². The smallest absolute Gasteiger partial charge is 0.407 e. The molecule has 63 heavy (non-hydrogen) atoms. The molecule has 4 heterocycles. The number of likely N-dealkylation sites (tertiary alicyclic amines) is 2. The number of ether oxygens (including phenoxy) is 2. The number of H-pyrrole nitrogens is 2. The highest BCUT2D eigenvalue weighted by Crippen LogP contribution is 2.58. The maximum atomic E-state index is 13.9. The highest BCUT2D eigenvalue weighted by atomic mass is 16.5. The molecule has 2 saturated heterocycles. The Balaban J connectivity index is 0.965. The molecule has 2 aliphatic heterocycles. The van der Waals surface area contributed by atoms with E-state index in [1.165, 1.54) is 14.2 Å². The average Bonchev–Trinajstić information content (AvgIpc) is 3.78. The fraction of sp³-hybridized carbons (Fsp3) is 0.438. The standard InChI is InChI=1S/C48H55N9O6/c1-27(2)39(54-45(60)62-6)43(58)57-26-48(16-17-48)21-38(57)42-51-24-36(53-42)34-15-14-32-19-31(12-13-33(32)20-34)29-8-10-30(11-9-29)35-23-50-41(52-35)37-18-28(22-49)25-56(37)44(59)40(47(3,4)5)55-46(61)63-7/h8-15,19-20,23-24,27-28,37-40H,16-18,21,25-26H2,1-7H3,(H,50,52)(H,51,53)(H,54,60)(H,55,61). The molecule has 5 unspecified atom stereocenters. The van der Waals surface area contributed by atoms with Gasteiger partial charge in [0.25, 0.3) is 0 Å². The topological polar surface area (TPSA) is 198 Å². The number of fused-ring (bicyclic) bond motifs is 1. The van der Waals surface area contributed by atoms with E-state index in [-0.39, 0.29) is 41.7 Å². The Morgan fingerprint density at radius 1 is 0.778 bits per heavy atom. The first kappa shape index (κ1) is 43.0. The molecule has 1 saturated carbocycles. The number of carbonyl (C=O) groups excluding carboxylic acids is 4. The van der Waals surface area contributed by atoms with Crippen molar-refractivity contribution in [2.45, 2.75) is 84.5 Å². The van der Waals surface area contributed by atoms with Gasteiger partial charge in [-0.2, -0.15) is 5.26 Å². The van der Waals surface area contributed by atoms with Gasteiger partial charge in [0, 0.05) is 18.7 Å². The molecule has 3 aliphatic rings. The number of amides is 4. The summed E-state index contributed by atoms with van der Waals surface area (Å²) in [6, 6.07) is 21.0. The van der Waals surface area contributed by atoms with Gasteiger partial charge in [0.2, 0.25) is 11.8 Å². The predicted molar refractivity (Wildman–Crippen MR) is 236 cm³/mol. The van der Waals surface area contributed by atoms with Gasteiger partial charge in [-0.15, -0.1) is 0 Å². The summed E-state index contributed by atoms with van der Waals surface area (Å²) in [6.45, 7) is 10.3. The van der Waals surface area contributed by atoms with Gasteiger partial charge >= 0.3 is 12.2 Å². The number of alkyl carbamates (subject to hydrolysis) is 2. The highest BCUT2D eigenvalue weighted by molar-refractivity contribution is 5.91. The number of methoxy groups -OCH3 is 2. The monoisotopic (exact) mass is 853 g/mol. The van der Waals surface area contributed by atoms with Crippen LogP contribution < -0.4 is 10.6 Å². The Labute approximate surface area is 366 Å². The molecule has 4 amide bonds. The lowest BCUT2D eigenvalue weighted by Gasteiger charge is -2.34. The first-order valence-corrected chi connectivity index (χ1v) is 21.5. The number of aromatic nitrogens is 4. The van der Waals surface area contributed by atoms with Gasteiger partial charge in [-0.3, -0.25) is 9.59 Å². The number of imidazole rings is 2. The number of nitrogens with one attached hydrogen (secondary N) is 4. The lowest BCUT2D eigenvalue weighted by Crippen LogP contribution is -2.54. The van der Waals surface area contributed by atoms with Crippen LogP contribution in [-0.4, -0.2) is 93.1 Å². The normalized spacial score (nSPS) is 20.1. The van der Waals surface area contributed by atoms with Gasteiger partial charge in [-0.25, -0.2) is 19.6 Å². The van der Waals surface area contributed by atoms with E-state index in [4.69, 9.17) is 14.5 Å². The number of benzene rings is 3. The van der Waals surface area contributed by atoms with Gasteiger partial charge in [0.1, 0.15) is 23.7 Å². The first-order valence-electron chi connectivity index (χ1n) is 21.5. The fourth-order valence-corrected chi connectivity index (χ4v) is 9.11. The van der Waals surface area contributed by atoms with E-state index in [2.05, 4.69) is 80.2 Å². The van der Waals surface area contributed by atoms with Crippen molar-refractivity contribution >= 4 is 34.8 Å². The van der Waals surface area contributed by atoms with E-state index in [0.29, 0.717) is 18.8 Å². The Morgan fingerprint density at radius 3 is 1.92 bits per heavy atom. The van der Waals surface area contributed by atoms with E-state index in [1.807, 2.05) is 57.8 Å². The molecule has 4 N–H and O–H groups in total. The van der Waals surface area contributed by atoms with Crippen LogP contribution in [0.1, 0.15) is 84.0 Å². The predicted octanol–water partition coefficient (Wildman–Crippen LogP) is 7.91. The van der Waals surface area contributed by atoms with Crippen molar-refractivity contribution in [3.8, 4) is 39.7 Å². The molecule has 5 aromatic rings. The van der Waals surface area contributed by atoms with Crippen LogP contribution in [0.4, 0.5) is 9.59 Å². The molecule has 0 radical (unpaired) electrons. The van der Waals surface area contributed by atoms with E-state index in [0.717, 1.165) is 69.5 Å². The van der Waals surface area contributed by atoms with Crippen LogP contribution >= 0.6 is 0 Å². The number of aromatic amines is 2. The summed E-state index contributed by atoms with van der Waals surface area (Å²) >= 11 is 0. The van der Waals surface area contributed by atoms with Gasteiger partial charge in [-0.1, -0.05) is 83.1 Å². The van der Waals surface area contributed by atoms with Gasteiger partial charge in [0.15, 0.2) is 0 Å². The quantitative estimate of drug-likeness (QED) is 0.108. The summed E-state index contributed by atoms with van der Waals surface area (Å²) in [4.78, 5) is 72.1. The van der Waals surface area contributed by atoms with Crippen LogP contribution in [0.3, 0.4) is 0 Å². The lowest BCUT2D eigenvalue weighted by molar-refractivity contribution is -0.137. The number of carbonyl (C=O) groups is 4. The second-order valence-electron chi connectivity index (χ2n) is 18.8. The van der Waals surface area contributed by atoms with Gasteiger partial charge < -0.3 is 39.9 Å². The molecule has 0 bridgehead atoms. The summed E-state index contributed by atoms with van der Waals surface area (Å²) in [5.41, 5.74) is 5.17. The zero-order valence-corrected chi connectivity index (χ0v) is 36.8. The number of nitrogens with zero attached hydrogens (tertiary/aromatic N) is 5. The maximum absolute atomic E-state index is 13.9. The number of hydrogen-bond acceptors (Lipinski definition) is 9. The summed E-state index contributed by atoms with van der Waals surface area (Å²) in [7, 11) is 2.56. The van der Waals surface area contributed by atoms with Crippen LogP contribution in [0, 0.1) is 34.0 Å². The zero-order valence-electron chi connectivity index (χ0n) is 36.8. The lowest BCUT2D eigenvalue weighted by atomic mass is 9.85.